The molecule has 0 saturated carbocycles. The highest BCUT2D eigenvalue weighted by atomic mass is 35.5. The molecule has 2 aromatic rings. The van der Waals surface area contributed by atoms with Gasteiger partial charge in [0.1, 0.15) is 17.1 Å². The largest absolute Gasteiger partial charge is 0.497 e. The zero-order chi connectivity index (χ0) is 18.3. The summed E-state index contributed by atoms with van der Waals surface area (Å²) in [7, 11) is 1.56. The summed E-state index contributed by atoms with van der Waals surface area (Å²) >= 11 is 5.99. The molecule has 1 spiro atoms. The van der Waals surface area contributed by atoms with Crippen LogP contribution in [0.2, 0.25) is 5.02 Å². The molecule has 0 N–H and O–H groups in total. The summed E-state index contributed by atoms with van der Waals surface area (Å²) in [6.07, 6.45) is 0.878. The minimum absolute atomic E-state index is 0.0159. The second kappa shape index (κ2) is 6.32. The number of nitrogens with zero attached hydrogens (tertiary/aromatic N) is 1. The lowest BCUT2D eigenvalue weighted by atomic mass is 9.89. The number of halogens is 1. The van der Waals surface area contributed by atoms with Crippen LogP contribution in [0.1, 0.15) is 33.6 Å². The third kappa shape index (κ3) is 2.92. The summed E-state index contributed by atoms with van der Waals surface area (Å²) in [6.45, 7) is 0.930. The van der Waals surface area contributed by atoms with Crippen molar-refractivity contribution in [1.82, 2.24) is 4.90 Å². The molecule has 0 aliphatic carbocycles. The molecule has 2 aliphatic heterocycles. The van der Waals surface area contributed by atoms with Gasteiger partial charge in [0.25, 0.3) is 5.91 Å². The van der Waals surface area contributed by atoms with E-state index in [4.69, 9.17) is 21.1 Å². The monoisotopic (exact) mass is 371 g/mol. The summed E-state index contributed by atoms with van der Waals surface area (Å²) in [5, 5.41) is 0.525. The molecule has 0 bridgehead atoms. The summed E-state index contributed by atoms with van der Waals surface area (Å²) in [5.41, 5.74) is 0.420. The minimum atomic E-state index is -0.660. The number of ether oxygens (including phenoxy) is 2. The van der Waals surface area contributed by atoms with Gasteiger partial charge in [-0.25, -0.2) is 0 Å². The number of hydrogen-bond donors (Lipinski definition) is 0. The maximum Gasteiger partial charge on any atom is 0.254 e. The normalized spacial score (nSPS) is 21.5. The molecule has 6 heteroatoms. The fourth-order valence-corrected chi connectivity index (χ4v) is 3.84. The molecule has 1 amide bonds. The summed E-state index contributed by atoms with van der Waals surface area (Å²) in [6, 6.07) is 12.1. The van der Waals surface area contributed by atoms with Crippen LogP contribution in [0.4, 0.5) is 0 Å². The Kier molecular flexibility index (Phi) is 4.11. The highest BCUT2D eigenvalue weighted by molar-refractivity contribution is 6.30. The van der Waals surface area contributed by atoms with Crippen molar-refractivity contribution < 1.29 is 19.1 Å². The lowest BCUT2D eigenvalue weighted by molar-refractivity contribution is 0.0427. The Bertz CT molecular complexity index is 897. The molecule has 2 heterocycles. The summed E-state index contributed by atoms with van der Waals surface area (Å²) < 4.78 is 11.4. The highest BCUT2D eigenvalue weighted by Gasteiger charge is 2.47. The molecule has 0 radical (unpaired) electrons. The lowest BCUT2D eigenvalue weighted by Crippen LogP contribution is -2.45. The highest BCUT2D eigenvalue weighted by Crippen LogP contribution is 2.40. The van der Waals surface area contributed by atoms with E-state index in [1.165, 1.54) is 0 Å². The Balaban J connectivity index is 1.56. The van der Waals surface area contributed by atoms with Crippen molar-refractivity contribution in [2.75, 3.05) is 20.2 Å². The number of carbonyl (C=O) groups is 2. The first-order valence-corrected chi connectivity index (χ1v) is 8.83. The Morgan fingerprint density at radius 1 is 1.27 bits per heavy atom. The number of Topliss-reactive ketones (excluding diaryl/α,β-unsaturated/α-hetero) is 1. The number of likely N-dealkylation sites (tertiary alicyclic amines) is 1. The van der Waals surface area contributed by atoms with Gasteiger partial charge < -0.3 is 14.4 Å². The van der Waals surface area contributed by atoms with Crippen LogP contribution in [0.3, 0.4) is 0 Å². The average Bonchev–Trinajstić information content (AvgIpc) is 3.04. The van der Waals surface area contributed by atoms with Crippen LogP contribution >= 0.6 is 11.6 Å². The molecule has 5 nitrogen and oxygen atoms in total. The molecular weight excluding hydrogens is 354 g/mol. The van der Waals surface area contributed by atoms with E-state index < -0.39 is 5.60 Å². The van der Waals surface area contributed by atoms with Crippen LogP contribution in [0, 0.1) is 0 Å². The number of carbonyl (C=O) groups excluding carboxylic acids is 2. The molecule has 134 valence electrons. The molecule has 0 aromatic heterocycles. The van der Waals surface area contributed by atoms with Gasteiger partial charge in [0.2, 0.25) is 0 Å². The molecule has 1 saturated heterocycles. The van der Waals surface area contributed by atoms with Crippen LogP contribution in [-0.4, -0.2) is 42.4 Å². The second-order valence-electron chi connectivity index (χ2n) is 6.73. The first kappa shape index (κ1) is 16.9. The predicted molar refractivity (Wildman–Crippen MR) is 97.3 cm³/mol. The maximum atomic E-state index is 12.7. The van der Waals surface area contributed by atoms with E-state index in [9.17, 15) is 9.59 Å². The Hall–Kier alpha value is -2.53. The zero-order valence-electron chi connectivity index (χ0n) is 14.3. The van der Waals surface area contributed by atoms with Crippen LogP contribution in [0.25, 0.3) is 0 Å². The maximum absolute atomic E-state index is 12.7. The number of hydrogen-bond acceptors (Lipinski definition) is 4. The number of ketones is 1. The Morgan fingerprint density at radius 2 is 2.12 bits per heavy atom. The number of rotatable bonds is 2. The van der Waals surface area contributed by atoms with Gasteiger partial charge in [0.15, 0.2) is 5.78 Å². The Morgan fingerprint density at radius 3 is 2.88 bits per heavy atom. The molecule has 26 heavy (non-hydrogen) atoms. The SMILES string of the molecule is COc1ccc2c(c1)C(=O)CC1(CCN(C(=O)c3cccc(Cl)c3)C1)O2. The Labute approximate surface area is 156 Å². The fraction of sp³-hybridized carbons (Fsp3) is 0.300. The third-order valence-corrected chi connectivity index (χ3v) is 5.21. The summed E-state index contributed by atoms with van der Waals surface area (Å²) in [5.74, 6) is 1.10. The van der Waals surface area contributed by atoms with Crippen molar-refractivity contribution in [1.29, 1.82) is 0 Å². The van der Waals surface area contributed by atoms with Crippen LogP contribution in [0.15, 0.2) is 42.5 Å². The van der Waals surface area contributed by atoms with E-state index in [0.29, 0.717) is 47.2 Å². The van der Waals surface area contributed by atoms with Crippen LogP contribution < -0.4 is 9.47 Å². The first-order valence-electron chi connectivity index (χ1n) is 8.45. The molecular formula is C20H18ClNO4. The smallest absolute Gasteiger partial charge is 0.254 e. The van der Waals surface area contributed by atoms with Crippen LogP contribution in [-0.2, 0) is 0 Å². The van der Waals surface area contributed by atoms with E-state index in [0.717, 1.165) is 0 Å². The lowest BCUT2D eigenvalue weighted by Gasteiger charge is -2.34. The van der Waals surface area contributed by atoms with Gasteiger partial charge in [-0.3, -0.25) is 9.59 Å². The summed E-state index contributed by atoms with van der Waals surface area (Å²) in [4.78, 5) is 27.1. The van der Waals surface area contributed by atoms with E-state index in [1.807, 2.05) is 0 Å². The fourth-order valence-electron chi connectivity index (χ4n) is 3.65. The molecule has 2 aliphatic rings. The van der Waals surface area contributed by atoms with E-state index in [2.05, 4.69) is 0 Å². The molecule has 2 aromatic carbocycles. The quantitative estimate of drug-likeness (QED) is 0.809. The van der Waals surface area contributed by atoms with E-state index in [-0.39, 0.29) is 18.1 Å². The van der Waals surface area contributed by atoms with Gasteiger partial charge >= 0.3 is 0 Å². The van der Waals surface area contributed by atoms with Gasteiger partial charge in [-0.1, -0.05) is 17.7 Å². The van der Waals surface area contributed by atoms with Crippen LogP contribution in [0.5, 0.6) is 11.5 Å². The van der Waals surface area contributed by atoms with Crippen molar-refractivity contribution >= 4 is 23.3 Å². The van der Waals surface area contributed by atoms with Crippen molar-refractivity contribution in [3.63, 3.8) is 0 Å². The number of benzene rings is 2. The van der Waals surface area contributed by atoms with Gasteiger partial charge in [0.05, 0.1) is 25.6 Å². The van der Waals surface area contributed by atoms with Crippen molar-refractivity contribution in [2.24, 2.45) is 0 Å². The second-order valence-corrected chi connectivity index (χ2v) is 7.17. The van der Waals surface area contributed by atoms with Crippen molar-refractivity contribution in [2.45, 2.75) is 18.4 Å². The van der Waals surface area contributed by atoms with E-state index in [1.54, 1.807) is 54.5 Å². The van der Waals surface area contributed by atoms with Crippen molar-refractivity contribution in [3.8, 4) is 11.5 Å². The number of amides is 1. The molecule has 1 unspecified atom stereocenters. The molecule has 1 fully saturated rings. The number of methoxy groups -OCH3 is 1. The van der Waals surface area contributed by atoms with Crippen molar-refractivity contribution in [3.05, 3.63) is 58.6 Å². The minimum Gasteiger partial charge on any atom is -0.497 e. The van der Waals surface area contributed by atoms with E-state index >= 15 is 0 Å². The topological polar surface area (TPSA) is 55.8 Å². The number of fused-ring (bicyclic) bond motifs is 1. The predicted octanol–water partition coefficient (Wildman–Crippen LogP) is 3.60. The third-order valence-electron chi connectivity index (χ3n) is 4.97. The average molecular weight is 372 g/mol. The standard InChI is InChI=1S/C20H18ClNO4/c1-25-15-5-6-18-16(10-15)17(23)11-20(26-18)7-8-22(12-20)19(24)13-3-2-4-14(21)9-13/h2-6,9-10H,7-8,11-12H2,1H3. The van der Waals surface area contributed by atoms with Gasteiger partial charge in [-0.15, -0.1) is 0 Å². The van der Waals surface area contributed by atoms with Gasteiger partial charge in [0, 0.05) is 23.6 Å². The zero-order valence-corrected chi connectivity index (χ0v) is 15.1. The molecule has 4 rings (SSSR count). The first-order chi connectivity index (χ1) is 12.5. The molecule has 1 atom stereocenters. The van der Waals surface area contributed by atoms with Gasteiger partial charge in [-0.05, 0) is 36.4 Å². The van der Waals surface area contributed by atoms with Gasteiger partial charge in [-0.2, -0.15) is 0 Å².